The maximum Gasteiger partial charge on any atom is 0.0959 e. The Morgan fingerprint density at radius 3 is 2.90 bits per heavy atom. The van der Waals surface area contributed by atoms with Crippen LogP contribution in [0, 0.1) is 0 Å². The van der Waals surface area contributed by atoms with Crippen LogP contribution in [-0.2, 0) is 6.61 Å². The van der Waals surface area contributed by atoms with Gasteiger partial charge in [0.1, 0.15) is 0 Å². The first-order chi connectivity index (χ1) is 9.88. The lowest BCUT2D eigenvalue weighted by atomic mass is 9.96. The molecule has 1 N–H and O–H groups in total. The molecule has 2 aromatic carbocycles. The number of hydrogen-bond acceptors (Lipinski definition) is 2. The van der Waals surface area contributed by atoms with Crippen molar-refractivity contribution in [1.82, 2.24) is 9.55 Å². The lowest BCUT2D eigenvalue weighted by Crippen LogP contribution is -2.07. The van der Waals surface area contributed by atoms with Crippen LogP contribution in [0.3, 0.4) is 0 Å². The van der Waals surface area contributed by atoms with Gasteiger partial charge in [-0.2, -0.15) is 0 Å². The number of imidazole rings is 1. The van der Waals surface area contributed by atoms with Crippen LogP contribution in [0.5, 0.6) is 0 Å². The van der Waals surface area contributed by atoms with Gasteiger partial charge in [0.15, 0.2) is 0 Å². The van der Waals surface area contributed by atoms with E-state index in [2.05, 4.69) is 45.9 Å². The molecule has 1 aliphatic heterocycles. The highest BCUT2D eigenvalue weighted by molar-refractivity contribution is 5.70. The first-order valence-corrected chi connectivity index (χ1v) is 6.69. The van der Waals surface area contributed by atoms with Crippen molar-refractivity contribution in [2.75, 3.05) is 0 Å². The molecule has 0 aliphatic carbocycles. The van der Waals surface area contributed by atoms with E-state index in [9.17, 15) is 5.11 Å². The van der Waals surface area contributed by atoms with E-state index in [1.165, 1.54) is 16.7 Å². The van der Waals surface area contributed by atoms with E-state index >= 15 is 0 Å². The average Bonchev–Trinajstić information content (AvgIpc) is 3.07. The third-order valence-electron chi connectivity index (χ3n) is 3.92. The Balaban J connectivity index is 1.94. The van der Waals surface area contributed by atoms with Crippen molar-refractivity contribution in [2.45, 2.75) is 12.6 Å². The van der Waals surface area contributed by atoms with Crippen molar-refractivity contribution in [3.63, 3.8) is 0 Å². The van der Waals surface area contributed by atoms with Crippen molar-refractivity contribution >= 4 is 0 Å². The van der Waals surface area contributed by atoms with Crippen LogP contribution in [0.1, 0.15) is 22.7 Å². The molecule has 20 heavy (non-hydrogen) atoms. The summed E-state index contributed by atoms with van der Waals surface area (Å²) < 4.78 is 2.20. The van der Waals surface area contributed by atoms with Gasteiger partial charge in [0, 0.05) is 5.56 Å². The van der Waals surface area contributed by atoms with Crippen molar-refractivity contribution in [3.8, 4) is 11.3 Å². The number of benzene rings is 2. The summed E-state index contributed by atoms with van der Waals surface area (Å²) in [5, 5.41) is 9.34. The molecular formula is C17H14N2O. The molecule has 1 aliphatic rings. The predicted octanol–water partition coefficient (Wildman–Crippen LogP) is 2.99. The molecule has 4 rings (SSSR count). The number of aliphatic hydroxyl groups excluding tert-OH is 1. The highest BCUT2D eigenvalue weighted by Crippen LogP contribution is 2.42. The molecular weight excluding hydrogens is 248 g/mol. The minimum Gasteiger partial charge on any atom is -0.392 e. The molecule has 0 radical (unpaired) electrons. The zero-order valence-electron chi connectivity index (χ0n) is 10.9. The van der Waals surface area contributed by atoms with E-state index in [0.717, 1.165) is 11.3 Å². The molecule has 0 saturated heterocycles. The first kappa shape index (κ1) is 11.4. The Labute approximate surface area is 117 Å². The molecule has 1 aromatic heterocycles. The van der Waals surface area contributed by atoms with E-state index in [1.807, 2.05) is 24.7 Å². The SMILES string of the molecule is OCc1cccc(C2c3ccccc3-c3cncn32)c1. The number of rotatable bonds is 2. The van der Waals surface area contributed by atoms with Crippen LogP contribution in [0.15, 0.2) is 61.1 Å². The molecule has 3 aromatic rings. The summed E-state index contributed by atoms with van der Waals surface area (Å²) in [5.74, 6) is 0. The van der Waals surface area contributed by atoms with E-state index in [0.29, 0.717) is 0 Å². The minimum atomic E-state index is 0.0684. The maximum absolute atomic E-state index is 9.34. The minimum absolute atomic E-state index is 0.0684. The fraction of sp³-hybridized carbons (Fsp3) is 0.118. The summed E-state index contributed by atoms with van der Waals surface area (Å²) in [6.07, 6.45) is 3.79. The Bertz CT molecular complexity index is 776. The molecule has 0 spiro atoms. The summed E-state index contributed by atoms with van der Waals surface area (Å²) in [7, 11) is 0. The quantitative estimate of drug-likeness (QED) is 0.603. The normalized spacial score (nSPS) is 15.9. The number of aromatic nitrogens is 2. The number of nitrogens with zero attached hydrogens (tertiary/aromatic N) is 2. The van der Waals surface area contributed by atoms with E-state index in [4.69, 9.17) is 0 Å². The van der Waals surface area contributed by atoms with Gasteiger partial charge in [0.25, 0.3) is 0 Å². The third kappa shape index (κ3) is 1.53. The van der Waals surface area contributed by atoms with E-state index in [1.54, 1.807) is 0 Å². The highest BCUT2D eigenvalue weighted by Gasteiger charge is 2.29. The zero-order valence-corrected chi connectivity index (χ0v) is 10.9. The summed E-state index contributed by atoms with van der Waals surface area (Å²) in [6.45, 7) is 0.0684. The number of fused-ring (bicyclic) bond motifs is 3. The molecule has 1 atom stereocenters. The smallest absolute Gasteiger partial charge is 0.0959 e. The Morgan fingerprint density at radius 1 is 1.10 bits per heavy atom. The molecule has 0 fully saturated rings. The second-order valence-electron chi connectivity index (χ2n) is 5.08. The molecule has 2 heterocycles. The number of aliphatic hydroxyl groups is 1. The Morgan fingerprint density at radius 2 is 2.00 bits per heavy atom. The maximum atomic E-state index is 9.34. The summed E-state index contributed by atoms with van der Waals surface area (Å²) >= 11 is 0. The monoisotopic (exact) mass is 262 g/mol. The van der Waals surface area contributed by atoms with Crippen molar-refractivity contribution in [3.05, 3.63) is 77.7 Å². The number of hydrogen-bond donors (Lipinski definition) is 1. The lowest BCUT2D eigenvalue weighted by molar-refractivity contribution is 0.281. The summed E-state index contributed by atoms with van der Waals surface area (Å²) in [5.41, 5.74) is 5.80. The van der Waals surface area contributed by atoms with E-state index in [-0.39, 0.29) is 12.6 Å². The van der Waals surface area contributed by atoms with Gasteiger partial charge in [0.05, 0.1) is 30.9 Å². The molecule has 3 heteroatoms. The molecule has 0 saturated carbocycles. The highest BCUT2D eigenvalue weighted by atomic mass is 16.3. The third-order valence-corrected chi connectivity index (χ3v) is 3.92. The topological polar surface area (TPSA) is 38.1 Å². The molecule has 1 unspecified atom stereocenters. The van der Waals surface area contributed by atoms with Crippen LogP contribution in [0.25, 0.3) is 11.3 Å². The fourth-order valence-electron chi connectivity index (χ4n) is 3.04. The fourth-order valence-corrected chi connectivity index (χ4v) is 3.04. The van der Waals surface area contributed by atoms with Gasteiger partial charge in [-0.3, -0.25) is 0 Å². The van der Waals surface area contributed by atoms with E-state index < -0.39 is 0 Å². The molecule has 0 amide bonds. The predicted molar refractivity (Wildman–Crippen MR) is 77.3 cm³/mol. The molecule has 98 valence electrons. The van der Waals surface area contributed by atoms with Crippen LogP contribution in [-0.4, -0.2) is 14.7 Å². The largest absolute Gasteiger partial charge is 0.392 e. The van der Waals surface area contributed by atoms with Crippen molar-refractivity contribution in [2.24, 2.45) is 0 Å². The van der Waals surface area contributed by atoms with Crippen LogP contribution in [0.2, 0.25) is 0 Å². The van der Waals surface area contributed by atoms with Crippen LogP contribution in [0.4, 0.5) is 0 Å². The second kappa shape index (κ2) is 4.32. The van der Waals surface area contributed by atoms with Gasteiger partial charge < -0.3 is 9.67 Å². The van der Waals surface area contributed by atoms with Gasteiger partial charge in [-0.15, -0.1) is 0 Å². The molecule has 0 bridgehead atoms. The Hall–Kier alpha value is -2.39. The average molecular weight is 262 g/mol. The van der Waals surface area contributed by atoms with Crippen LogP contribution < -0.4 is 0 Å². The summed E-state index contributed by atoms with van der Waals surface area (Å²) in [4.78, 5) is 4.27. The van der Waals surface area contributed by atoms with Crippen LogP contribution >= 0.6 is 0 Å². The van der Waals surface area contributed by atoms with Gasteiger partial charge in [-0.1, -0.05) is 48.5 Å². The first-order valence-electron chi connectivity index (χ1n) is 6.69. The van der Waals surface area contributed by atoms with Gasteiger partial charge in [0.2, 0.25) is 0 Å². The van der Waals surface area contributed by atoms with Gasteiger partial charge in [-0.25, -0.2) is 4.98 Å². The van der Waals surface area contributed by atoms with Gasteiger partial charge >= 0.3 is 0 Å². The Kier molecular flexibility index (Phi) is 2.47. The zero-order chi connectivity index (χ0) is 13.5. The summed E-state index contributed by atoms with van der Waals surface area (Å²) in [6, 6.07) is 16.7. The lowest BCUT2D eigenvalue weighted by Gasteiger charge is -2.16. The standard InChI is InChI=1S/C17H14N2O/c20-10-12-4-3-5-13(8-12)17-15-7-2-1-6-14(15)16-9-18-11-19(16)17/h1-9,11,17,20H,10H2. The second-order valence-corrected chi connectivity index (χ2v) is 5.08. The van der Waals surface area contributed by atoms with Crippen molar-refractivity contribution in [1.29, 1.82) is 0 Å². The van der Waals surface area contributed by atoms with Crippen molar-refractivity contribution < 1.29 is 5.11 Å². The molecule has 3 nitrogen and oxygen atoms in total. The van der Waals surface area contributed by atoms with Gasteiger partial charge in [-0.05, 0) is 16.7 Å².